The zero-order chi connectivity index (χ0) is 14.0. The summed E-state index contributed by atoms with van der Waals surface area (Å²) in [5, 5.41) is 3.36. The molecule has 0 unspecified atom stereocenters. The summed E-state index contributed by atoms with van der Waals surface area (Å²) in [6.07, 6.45) is 1.71. The Hall–Kier alpha value is -1.30. The third-order valence-corrected chi connectivity index (χ3v) is 3.96. The number of piperidine rings is 1. The predicted molar refractivity (Wildman–Crippen MR) is 75.9 cm³/mol. The SMILES string of the molecule is O=C(Nc1ccccc1Cl)N1CCCC2(C1)OCCO2. The lowest BCUT2D eigenvalue weighted by Gasteiger charge is -2.38. The summed E-state index contributed by atoms with van der Waals surface area (Å²) in [4.78, 5) is 14.0. The number of amides is 2. The maximum atomic E-state index is 12.3. The number of urea groups is 1. The van der Waals surface area contributed by atoms with Gasteiger partial charge in [0.1, 0.15) is 0 Å². The van der Waals surface area contributed by atoms with Crippen LogP contribution in [0.1, 0.15) is 12.8 Å². The van der Waals surface area contributed by atoms with Crippen molar-refractivity contribution in [2.45, 2.75) is 18.6 Å². The van der Waals surface area contributed by atoms with Gasteiger partial charge in [-0.25, -0.2) is 4.79 Å². The maximum absolute atomic E-state index is 12.3. The average Bonchev–Trinajstić information content (AvgIpc) is 2.89. The van der Waals surface area contributed by atoms with Gasteiger partial charge in [-0.1, -0.05) is 23.7 Å². The van der Waals surface area contributed by atoms with Gasteiger partial charge in [0.2, 0.25) is 0 Å². The number of hydrogen-bond donors (Lipinski definition) is 1. The van der Waals surface area contributed by atoms with Gasteiger partial charge >= 0.3 is 6.03 Å². The number of likely N-dealkylation sites (tertiary alicyclic amines) is 1. The van der Waals surface area contributed by atoms with Gasteiger partial charge in [0.05, 0.1) is 30.5 Å². The smallest absolute Gasteiger partial charge is 0.322 e. The monoisotopic (exact) mass is 296 g/mol. The molecule has 2 fully saturated rings. The molecule has 2 saturated heterocycles. The number of nitrogens with zero attached hydrogens (tertiary/aromatic N) is 1. The molecule has 1 aromatic rings. The molecular weight excluding hydrogens is 280 g/mol. The molecule has 0 bridgehead atoms. The lowest BCUT2D eigenvalue weighted by Crippen LogP contribution is -2.52. The van der Waals surface area contributed by atoms with E-state index in [1.165, 1.54) is 0 Å². The summed E-state index contributed by atoms with van der Waals surface area (Å²) in [5.74, 6) is -0.601. The topological polar surface area (TPSA) is 50.8 Å². The molecule has 1 N–H and O–H groups in total. The molecule has 0 atom stereocenters. The second kappa shape index (κ2) is 5.60. The molecule has 20 heavy (non-hydrogen) atoms. The first-order chi connectivity index (χ1) is 9.69. The fraction of sp³-hybridized carbons (Fsp3) is 0.500. The molecule has 0 aromatic heterocycles. The summed E-state index contributed by atoms with van der Waals surface area (Å²) in [6.45, 7) is 2.36. The molecule has 1 aromatic carbocycles. The van der Waals surface area contributed by atoms with Gasteiger partial charge in [-0.05, 0) is 18.6 Å². The molecule has 5 nitrogen and oxygen atoms in total. The zero-order valence-electron chi connectivity index (χ0n) is 11.1. The minimum absolute atomic E-state index is 0.170. The molecule has 3 rings (SSSR count). The van der Waals surface area contributed by atoms with Crippen LogP contribution in [0.3, 0.4) is 0 Å². The van der Waals surface area contributed by atoms with Crippen molar-refractivity contribution < 1.29 is 14.3 Å². The Bertz CT molecular complexity index is 503. The van der Waals surface area contributed by atoms with Crippen molar-refractivity contribution in [3.8, 4) is 0 Å². The van der Waals surface area contributed by atoms with E-state index in [2.05, 4.69) is 5.32 Å². The first kappa shape index (κ1) is 13.7. The summed E-state index contributed by atoms with van der Waals surface area (Å²) in [5.41, 5.74) is 0.618. The average molecular weight is 297 g/mol. The molecule has 2 aliphatic rings. The van der Waals surface area contributed by atoms with Crippen LogP contribution in [-0.4, -0.2) is 43.0 Å². The van der Waals surface area contributed by atoms with Crippen molar-refractivity contribution in [2.24, 2.45) is 0 Å². The molecule has 2 aliphatic heterocycles. The van der Waals surface area contributed by atoms with E-state index in [1.54, 1.807) is 17.0 Å². The van der Waals surface area contributed by atoms with Crippen LogP contribution < -0.4 is 5.32 Å². The Kier molecular flexibility index (Phi) is 3.83. The highest BCUT2D eigenvalue weighted by Crippen LogP contribution is 2.30. The molecular formula is C14H17ClN2O3. The number of halogens is 1. The Morgan fingerprint density at radius 1 is 1.30 bits per heavy atom. The molecule has 2 heterocycles. The Morgan fingerprint density at radius 2 is 2.05 bits per heavy atom. The minimum atomic E-state index is -0.601. The van der Waals surface area contributed by atoms with Crippen molar-refractivity contribution in [1.82, 2.24) is 4.90 Å². The van der Waals surface area contributed by atoms with Gasteiger partial charge in [-0.2, -0.15) is 0 Å². The van der Waals surface area contributed by atoms with Crippen molar-refractivity contribution in [3.63, 3.8) is 0 Å². The number of para-hydroxylation sites is 1. The summed E-state index contributed by atoms with van der Waals surface area (Å²) in [6, 6.07) is 7.02. The normalized spacial score (nSPS) is 21.1. The van der Waals surface area contributed by atoms with Gasteiger partial charge in [-0.15, -0.1) is 0 Å². The molecule has 2 amide bonds. The fourth-order valence-corrected chi connectivity index (χ4v) is 2.83. The van der Waals surface area contributed by atoms with Crippen LogP contribution in [0.2, 0.25) is 5.02 Å². The first-order valence-electron chi connectivity index (χ1n) is 6.77. The number of carbonyl (C=O) groups is 1. The van der Waals surface area contributed by atoms with Crippen molar-refractivity contribution >= 4 is 23.3 Å². The molecule has 1 spiro atoms. The lowest BCUT2D eigenvalue weighted by molar-refractivity contribution is -0.182. The third kappa shape index (κ3) is 2.75. The van der Waals surface area contributed by atoms with E-state index in [4.69, 9.17) is 21.1 Å². The predicted octanol–water partition coefficient (Wildman–Crippen LogP) is 2.71. The van der Waals surface area contributed by atoms with Crippen molar-refractivity contribution in [2.75, 3.05) is 31.6 Å². The van der Waals surface area contributed by atoms with Gasteiger partial charge < -0.3 is 19.7 Å². The minimum Gasteiger partial charge on any atom is -0.346 e. The van der Waals surface area contributed by atoms with Crippen molar-refractivity contribution in [1.29, 1.82) is 0 Å². The van der Waals surface area contributed by atoms with Crippen LogP contribution in [0.15, 0.2) is 24.3 Å². The Balaban J connectivity index is 1.66. The first-order valence-corrected chi connectivity index (χ1v) is 7.15. The van der Waals surface area contributed by atoms with E-state index in [1.807, 2.05) is 12.1 Å². The number of ether oxygens (including phenoxy) is 2. The van der Waals surface area contributed by atoms with Gasteiger partial charge in [0.25, 0.3) is 0 Å². The van der Waals surface area contributed by atoms with Gasteiger partial charge in [-0.3, -0.25) is 0 Å². The number of carbonyl (C=O) groups excluding carboxylic acids is 1. The number of nitrogens with one attached hydrogen (secondary N) is 1. The van der Waals surface area contributed by atoms with Crippen LogP contribution in [0.5, 0.6) is 0 Å². The molecule has 0 aliphatic carbocycles. The van der Waals surface area contributed by atoms with E-state index in [-0.39, 0.29) is 6.03 Å². The lowest BCUT2D eigenvalue weighted by atomic mass is 10.1. The van der Waals surface area contributed by atoms with E-state index < -0.39 is 5.79 Å². The van der Waals surface area contributed by atoms with E-state index in [0.717, 1.165) is 12.8 Å². The standard InChI is InChI=1S/C14H17ClN2O3/c15-11-4-1-2-5-12(11)16-13(18)17-7-3-6-14(10-17)19-8-9-20-14/h1-2,4-5H,3,6-10H2,(H,16,18). The van der Waals surface area contributed by atoms with Gasteiger partial charge in [0, 0.05) is 13.0 Å². The van der Waals surface area contributed by atoms with Crippen molar-refractivity contribution in [3.05, 3.63) is 29.3 Å². The number of benzene rings is 1. The van der Waals surface area contributed by atoms with E-state index in [9.17, 15) is 4.79 Å². The molecule has 6 heteroatoms. The van der Waals surface area contributed by atoms with Gasteiger partial charge in [0.15, 0.2) is 5.79 Å². The highest BCUT2D eigenvalue weighted by Gasteiger charge is 2.42. The number of hydrogen-bond acceptors (Lipinski definition) is 3. The second-order valence-corrected chi connectivity index (χ2v) is 5.45. The summed E-state index contributed by atoms with van der Waals surface area (Å²) >= 11 is 6.05. The maximum Gasteiger partial charge on any atom is 0.322 e. The van der Waals surface area contributed by atoms with E-state index >= 15 is 0 Å². The van der Waals surface area contributed by atoms with Crippen LogP contribution in [0, 0.1) is 0 Å². The highest BCUT2D eigenvalue weighted by atomic mass is 35.5. The zero-order valence-corrected chi connectivity index (χ0v) is 11.9. The van der Waals surface area contributed by atoms with Crippen LogP contribution in [0.25, 0.3) is 0 Å². The van der Waals surface area contributed by atoms with E-state index in [0.29, 0.717) is 37.0 Å². The number of rotatable bonds is 1. The Morgan fingerprint density at radius 3 is 2.80 bits per heavy atom. The Labute approximate surface area is 122 Å². The largest absolute Gasteiger partial charge is 0.346 e. The summed E-state index contributed by atoms with van der Waals surface area (Å²) < 4.78 is 11.3. The molecule has 0 saturated carbocycles. The van der Waals surface area contributed by atoms with Crippen LogP contribution in [-0.2, 0) is 9.47 Å². The third-order valence-electron chi connectivity index (χ3n) is 3.63. The fourth-order valence-electron chi connectivity index (χ4n) is 2.65. The quantitative estimate of drug-likeness (QED) is 0.867. The highest BCUT2D eigenvalue weighted by molar-refractivity contribution is 6.33. The molecule has 0 radical (unpaired) electrons. The van der Waals surface area contributed by atoms with Crippen LogP contribution in [0.4, 0.5) is 10.5 Å². The second-order valence-electron chi connectivity index (χ2n) is 5.04. The molecule has 108 valence electrons. The number of anilines is 1. The summed E-state index contributed by atoms with van der Waals surface area (Å²) in [7, 11) is 0. The van der Waals surface area contributed by atoms with Crippen LogP contribution >= 0.6 is 11.6 Å².